The molecule has 0 nitrogen and oxygen atoms in total. The maximum atomic E-state index is 2.36. The average molecular weight is 379 g/mol. The van der Waals surface area contributed by atoms with Crippen molar-refractivity contribution in [2.45, 2.75) is 162 Å². The minimum Gasteiger partial charge on any atom is -0.0683 e. The molecule has 26 heavy (non-hydrogen) atoms. The lowest BCUT2D eigenvalue weighted by atomic mass is 10.00. The third-order valence-corrected chi connectivity index (χ3v) is 2.97. The summed E-state index contributed by atoms with van der Waals surface area (Å²) in [4.78, 5) is 0. The number of hydrogen-bond donors (Lipinski definition) is 0. The third-order valence-electron chi connectivity index (χ3n) is 2.97. The van der Waals surface area contributed by atoms with Gasteiger partial charge in [0, 0.05) is 0 Å². The number of unbranched alkanes of at least 4 members (excludes halogenated alkanes) is 2. The van der Waals surface area contributed by atoms with Gasteiger partial charge in [-0.1, -0.05) is 162 Å². The lowest BCUT2D eigenvalue weighted by molar-refractivity contribution is 0.466. The molecule has 0 amide bonds. The molecule has 0 bridgehead atoms. The van der Waals surface area contributed by atoms with Crippen molar-refractivity contribution >= 4 is 0 Å². The fraction of sp³-hybridized carbons (Fsp3) is 1.00. The molecule has 0 saturated heterocycles. The van der Waals surface area contributed by atoms with E-state index in [9.17, 15) is 0 Å². The van der Waals surface area contributed by atoms with Crippen LogP contribution in [0.5, 0.6) is 0 Å². The van der Waals surface area contributed by atoms with E-state index in [0.717, 1.165) is 11.8 Å². The lowest BCUT2D eigenvalue weighted by Crippen LogP contribution is -1.92. The van der Waals surface area contributed by atoms with Crippen molar-refractivity contribution in [2.24, 2.45) is 11.8 Å². The van der Waals surface area contributed by atoms with E-state index < -0.39 is 0 Å². The molecule has 0 aromatic rings. The molecule has 0 aromatic heterocycles. The van der Waals surface area contributed by atoms with Crippen molar-refractivity contribution in [3.8, 4) is 0 Å². The van der Waals surface area contributed by atoms with Gasteiger partial charge in [-0.2, -0.15) is 0 Å². The molecule has 1 unspecified atom stereocenters. The highest BCUT2D eigenvalue weighted by atomic mass is 14.0. The summed E-state index contributed by atoms with van der Waals surface area (Å²) in [6.45, 7) is 33.7. The predicted octanol–water partition coefficient (Wildman–Crippen LogP) is 11.6. The highest BCUT2D eigenvalue weighted by molar-refractivity contribution is 4.50. The summed E-state index contributed by atoms with van der Waals surface area (Å²) in [6.07, 6.45) is 11.1. The molecule has 0 radical (unpaired) electrons. The van der Waals surface area contributed by atoms with Crippen LogP contribution in [0.3, 0.4) is 0 Å². The Hall–Kier alpha value is 0. The van der Waals surface area contributed by atoms with Gasteiger partial charge in [0.15, 0.2) is 0 Å². The minimum atomic E-state index is 0.903. The Morgan fingerprint density at radius 3 is 0.923 bits per heavy atom. The third kappa shape index (κ3) is 105. The topological polar surface area (TPSA) is 0 Å². The Morgan fingerprint density at radius 2 is 0.731 bits per heavy atom. The van der Waals surface area contributed by atoms with Crippen molar-refractivity contribution in [3.05, 3.63) is 0 Å². The SMILES string of the molecule is CC.CC.CC.CC.CC.CCCCC(C)C.CCCCC(C)CCC. The zero-order valence-electron chi connectivity index (χ0n) is 22.8. The summed E-state index contributed by atoms with van der Waals surface area (Å²) >= 11 is 0. The van der Waals surface area contributed by atoms with Crippen molar-refractivity contribution in [1.82, 2.24) is 0 Å². The lowest BCUT2D eigenvalue weighted by Gasteiger charge is -2.07. The summed E-state index contributed by atoms with van der Waals surface area (Å²) in [5, 5.41) is 0. The van der Waals surface area contributed by atoms with Crippen LogP contribution in [0.4, 0.5) is 0 Å². The van der Waals surface area contributed by atoms with Gasteiger partial charge < -0.3 is 0 Å². The van der Waals surface area contributed by atoms with E-state index >= 15 is 0 Å². The highest BCUT2D eigenvalue weighted by Crippen LogP contribution is 2.12. The summed E-state index contributed by atoms with van der Waals surface area (Å²) in [6, 6.07) is 0. The van der Waals surface area contributed by atoms with E-state index in [2.05, 4.69) is 41.5 Å². The van der Waals surface area contributed by atoms with Gasteiger partial charge in [0.2, 0.25) is 0 Å². The molecule has 0 N–H and O–H groups in total. The minimum absolute atomic E-state index is 0.903. The van der Waals surface area contributed by atoms with E-state index in [4.69, 9.17) is 0 Å². The molecular weight excluding hydrogens is 312 g/mol. The van der Waals surface area contributed by atoms with Crippen LogP contribution in [-0.2, 0) is 0 Å². The van der Waals surface area contributed by atoms with Gasteiger partial charge in [-0.3, -0.25) is 0 Å². The number of hydrogen-bond acceptors (Lipinski definition) is 0. The average Bonchev–Trinajstić information content (AvgIpc) is 2.73. The summed E-state index contributed by atoms with van der Waals surface area (Å²) in [7, 11) is 0. The molecule has 0 aliphatic carbocycles. The van der Waals surface area contributed by atoms with Crippen LogP contribution >= 0.6 is 0 Å². The van der Waals surface area contributed by atoms with E-state index in [1.807, 2.05) is 69.2 Å². The van der Waals surface area contributed by atoms with Crippen molar-refractivity contribution in [1.29, 1.82) is 0 Å². The molecule has 170 valence electrons. The predicted molar refractivity (Wildman–Crippen MR) is 135 cm³/mol. The van der Waals surface area contributed by atoms with Gasteiger partial charge in [0.1, 0.15) is 0 Å². The van der Waals surface area contributed by atoms with Gasteiger partial charge in [-0.15, -0.1) is 0 Å². The first-order valence-electron chi connectivity index (χ1n) is 12.6. The molecule has 0 aliphatic heterocycles. The largest absolute Gasteiger partial charge is 0.0683 e. The summed E-state index contributed by atoms with van der Waals surface area (Å²) < 4.78 is 0. The molecule has 0 heterocycles. The molecule has 0 aromatic carbocycles. The Balaban J connectivity index is -0.0000000378. The van der Waals surface area contributed by atoms with E-state index in [0.29, 0.717) is 0 Å². The van der Waals surface area contributed by atoms with E-state index in [1.54, 1.807) is 0 Å². The quantitative estimate of drug-likeness (QED) is 0.394. The van der Waals surface area contributed by atoms with E-state index in [1.165, 1.54) is 51.4 Å². The first-order chi connectivity index (χ1) is 12.6. The van der Waals surface area contributed by atoms with Gasteiger partial charge >= 0.3 is 0 Å². The van der Waals surface area contributed by atoms with Crippen LogP contribution < -0.4 is 0 Å². The maximum absolute atomic E-state index is 2.36. The highest BCUT2D eigenvalue weighted by Gasteiger charge is 1.97. The van der Waals surface area contributed by atoms with Crippen LogP contribution in [0.25, 0.3) is 0 Å². The Morgan fingerprint density at radius 1 is 0.423 bits per heavy atom. The van der Waals surface area contributed by atoms with Crippen LogP contribution in [-0.4, -0.2) is 0 Å². The van der Waals surface area contributed by atoms with E-state index in [-0.39, 0.29) is 0 Å². The van der Waals surface area contributed by atoms with Crippen LogP contribution in [0.2, 0.25) is 0 Å². The van der Waals surface area contributed by atoms with Crippen molar-refractivity contribution in [3.63, 3.8) is 0 Å². The maximum Gasteiger partial charge on any atom is -0.0443 e. The molecule has 0 rings (SSSR count). The second-order valence-corrected chi connectivity index (χ2v) is 5.57. The zero-order chi connectivity index (χ0) is 22.8. The molecule has 1 atom stereocenters. The van der Waals surface area contributed by atoms with Crippen LogP contribution in [0.1, 0.15) is 162 Å². The van der Waals surface area contributed by atoms with Gasteiger partial charge in [0.05, 0.1) is 0 Å². The molecule has 0 aliphatic rings. The molecule has 0 heteroatoms. The molecular formula is C26H66. The Kier molecular flexibility index (Phi) is 127. The van der Waals surface area contributed by atoms with Crippen LogP contribution in [0, 0.1) is 11.8 Å². The first kappa shape index (κ1) is 45.0. The smallest absolute Gasteiger partial charge is 0.0443 e. The number of rotatable bonds is 8. The molecule has 0 spiro atoms. The normalized spacial score (nSPS) is 8.65. The Bertz CT molecular complexity index is 105. The van der Waals surface area contributed by atoms with Crippen molar-refractivity contribution < 1.29 is 0 Å². The molecule has 0 saturated carbocycles. The summed E-state index contributed by atoms with van der Waals surface area (Å²) in [5.74, 6) is 1.87. The fourth-order valence-corrected chi connectivity index (χ4v) is 1.80. The second-order valence-electron chi connectivity index (χ2n) is 5.57. The first-order valence-corrected chi connectivity index (χ1v) is 12.6. The zero-order valence-corrected chi connectivity index (χ0v) is 22.8. The molecule has 0 fully saturated rings. The second kappa shape index (κ2) is 73.5. The van der Waals surface area contributed by atoms with Crippen molar-refractivity contribution in [2.75, 3.05) is 0 Å². The van der Waals surface area contributed by atoms with Gasteiger partial charge in [-0.25, -0.2) is 0 Å². The van der Waals surface area contributed by atoms with Gasteiger partial charge in [0.25, 0.3) is 0 Å². The fourth-order valence-electron chi connectivity index (χ4n) is 1.80. The standard InChI is InChI=1S/C9H20.C7H16.5C2H6/c1-4-6-8-9(3)7-5-2;1-4-5-6-7(2)3;5*1-2/h9H,4-8H2,1-3H3;7H,4-6H2,1-3H3;5*1-2H3. The van der Waals surface area contributed by atoms with Gasteiger partial charge in [-0.05, 0) is 11.8 Å². The summed E-state index contributed by atoms with van der Waals surface area (Å²) in [5.41, 5.74) is 0. The van der Waals surface area contributed by atoms with Crippen LogP contribution in [0.15, 0.2) is 0 Å². The monoisotopic (exact) mass is 379 g/mol. The Labute approximate surface area is 174 Å².